The number of esters is 1. The smallest absolute Gasteiger partial charge is 0.343 e. The van der Waals surface area contributed by atoms with Crippen LogP contribution in [0.2, 0.25) is 0 Å². The zero-order chi connectivity index (χ0) is 32.8. The van der Waals surface area contributed by atoms with Crippen molar-refractivity contribution >= 4 is 28.5 Å². The van der Waals surface area contributed by atoms with Crippen molar-refractivity contribution in [2.45, 2.75) is 57.9 Å². The molecule has 3 aliphatic rings. The van der Waals surface area contributed by atoms with Crippen LogP contribution < -0.4 is 16.6 Å². The minimum absolute atomic E-state index is 0.0217. The molecule has 2 aliphatic heterocycles. The molecule has 1 amide bonds. The molecule has 2 aromatic heterocycles. The highest BCUT2D eigenvalue weighted by atomic mass is 19.1. The van der Waals surface area contributed by atoms with E-state index in [1.54, 1.807) is 36.6 Å². The largest absolute Gasteiger partial charge is 0.458 e. The summed E-state index contributed by atoms with van der Waals surface area (Å²) in [7, 11) is 0. The van der Waals surface area contributed by atoms with E-state index in [9.17, 15) is 19.5 Å². The van der Waals surface area contributed by atoms with E-state index < -0.39 is 17.6 Å². The van der Waals surface area contributed by atoms with E-state index in [1.165, 1.54) is 6.07 Å². The number of nitrogen functional groups attached to an aromatic ring is 1. The summed E-state index contributed by atoms with van der Waals surface area (Å²) in [6.07, 6.45) is 1.09. The van der Waals surface area contributed by atoms with Gasteiger partial charge in [-0.25, -0.2) is 14.2 Å². The Morgan fingerprint density at radius 3 is 2.49 bits per heavy atom. The summed E-state index contributed by atoms with van der Waals surface area (Å²) in [5, 5.41) is 15.3. The lowest BCUT2D eigenvalue weighted by atomic mass is 9.81. The third-order valence-corrected chi connectivity index (χ3v) is 10.1. The van der Waals surface area contributed by atoms with E-state index in [2.05, 4.69) is 5.32 Å². The molecule has 2 atom stereocenters. The van der Waals surface area contributed by atoms with E-state index in [4.69, 9.17) is 15.5 Å². The number of ether oxygens (including phenoxy) is 1. The van der Waals surface area contributed by atoms with Gasteiger partial charge in [0.1, 0.15) is 12.4 Å². The van der Waals surface area contributed by atoms with Crippen molar-refractivity contribution in [1.82, 2.24) is 14.9 Å². The molecule has 10 heteroatoms. The molecular weight excluding hydrogens is 599 g/mol. The minimum Gasteiger partial charge on any atom is -0.458 e. The maximum Gasteiger partial charge on any atom is 0.343 e. The third kappa shape index (κ3) is 4.24. The Balaban J connectivity index is 1.24. The summed E-state index contributed by atoms with van der Waals surface area (Å²) in [5.74, 6) is -1.44. The number of hydrogen-bond acceptors (Lipinski definition) is 7. The Hall–Kier alpha value is -5.35. The fourth-order valence-electron chi connectivity index (χ4n) is 7.43. The number of cyclic esters (lactones) is 1. The van der Waals surface area contributed by atoms with E-state index in [0.717, 1.165) is 33.2 Å². The van der Waals surface area contributed by atoms with Crippen molar-refractivity contribution in [3.8, 4) is 22.5 Å². The lowest BCUT2D eigenvalue weighted by Gasteiger charge is -2.31. The molecule has 4 N–H and O–H groups in total. The number of nitrogens with two attached hydrogens (primary N) is 1. The molecule has 0 saturated carbocycles. The van der Waals surface area contributed by atoms with Gasteiger partial charge in [-0.15, -0.1) is 0 Å². The SMILES string of the molecule is CC[C@]1(O)C(=O)OCc2c1cc1n(c2=O)Cc2c-1nc1cc(F)c(C)c3c1c2[C@@H](NC(=O)c1ccc(-c2ccc(N)cc2)cc1)CC3. The first-order valence-electron chi connectivity index (χ1n) is 15.7. The number of pyridine rings is 2. The van der Waals surface area contributed by atoms with Crippen LogP contribution in [0.3, 0.4) is 0 Å². The summed E-state index contributed by atoms with van der Waals surface area (Å²) in [6, 6.07) is 17.5. The number of anilines is 1. The molecular formula is C37H31FN4O5. The van der Waals surface area contributed by atoms with Crippen LogP contribution in [0.4, 0.5) is 10.1 Å². The van der Waals surface area contributed by atoms with Crippen LogP contribution in [-0.2, 0) is 34.7 Å². The van der Waals surface area contributed by atoms with Gasteiger partial charge in [0, 0.05) is 33.8 Å². The van der Waals surface area contributed by atoms with Crippen LogP contribution in [0, 0.1) is 12.7 Å². The normalized spacial score (nSPS) is 19.1. The van der Waals surface area contributed by atoms with Crippen LogP contribution >= 0.6 is 0 Å². The quantitative estimate of drug-likeness (QED) is 0.180. The van der Waals surface area contributed by atoms with Crippen molar-refractivity contribution in [2.24, 2.45) is 0 Å². The number of rotatable bonds is 4. The van der Waals surface area contributed by atoms with Gasteiger partial charge in [0.05, 0.1) is 35.1 Å². The Bertz CT molecular complexity index is 2240. The Morgan fingerprint density at radius 2 is 1.79 bits per heavy atom. The number of carbonyl (C=O) groups excluding carboxylic acids is 2. The van der Waals surface area contributed by atoms with Crippen LogP contribution in [0.5, 0.6) is 0 Å². The second kappa shape index (κ2) is 10.3. The molecule has 9 nitrogen and oxygen atoms in total. The molecule has 1 aliphatic carbocycles. The van der Waals surface area contributed by atoms with Gasteiger partial charge in [-0.05, 0) is 84.3 Å². The summed E-state index contributed by atoms with van der Waals surface area (Å²) >= 11 is 0. The Labute approximate surface area is 268 Å². The number of aryl methyl sites for hydroxylation is 1. The number of amides is 1. The van der Waals surface area contributed by atoms with Crippen LogP contribution in [0.1, 0.15) is 69.5 Å². The topological polar surface area (TPSA) is 137 Å². The van der Waals surface area contributed by atoms with Crippen LogP contribution in [0.15, 0.2) is 65.5 Å². The fourth-order valence-corrected chi connectivity index (χ4v) is 7.43. The molecule has 8 rings (SSSR count). The molecule has 0 saturated heterocycles. The number of carbonyl (C=O) groups is 2. The molecule has 0 bridgehead atoms. The van der Waals surface area contributed by atoms with E-state index >= 15 is 4.39 Å². The van der Waals surface area contributed by atoms with Crippen molar-refractivity contribution < 1.29 is 23.8 Å². The standard InChI is InChI=1S/C37H31FN4O5/c1-3-37(46)26-14-30-33-24(16-42(30)35(44)25(26)17-47-36(37)45)32-28(13-12-23-18(2)27(38)15-29(40-33)31(23)32)41-34(43)21-6-4-19(5-7-21)20-8-10-22(39)11-9-20/h4-11,14-15,28,46H,3,12-13,16-17,39H2,1-2H3,(H,41,43)/t28-,37+/m0/s1. The third-order valence-electron chi connectivity index (χ3n) is 10.1. The molecule has 0 radical (unpaired) electrons. The number of aromatic nitrogens is 2. The molecule has 47 heavy (non-hydrogen) atoms. The lowest BCUT2D eigenvalue weighted by molar-refractivity contribution is -0.172. The van der Waals surface area contributed by atoms with Gasteiger partial charge in [-0.2, -0.15) is 0 Å². The van der Waals surface area contributed by atoms with Crippen molar-refractivity contribution in [3.05, 3.63) is 116 Å². The molecule has 0 unspecified atom stereocenters. The number of nitrogens with zero attached hydrogens (tertiary/aromatic N) is 2. The maximum absolute atomic E-state index is 15.2. The number of aliphatic hydroxyl groups is 1. The Morgan fingerprint density at radius 1 is 1.09 bits per heavy atom. The van der Waals surface area contributed by atoms with Crippen molar-refractivity contribution in [2.75, 3.05) is 5.73 Å². The number of halogens is 1. The van der Waals surface area contributed by atoms with E-state index in [-0.39, 0.29) is 48.0 Å². The fraction of sp³-hybridized carbons (Fsp3) is 0.243. The highest BCUT2D eigenvalue weighted by molar-refractivity contribution is 5.97. The zero-order valence-corrected chi connectivity index (χ0v) is 25.8. The Kier molecular flexibility index (Phi) is 6.39. The number of benzene rings is 3. The van der Waals surface area contributed by atoms with E-state index in [1.807, 2.05) is 36.4 Å². The van der Waals surface area contributed by atoms with Crippen molar-refractivity contribution in [3.63, 3.8) is 0 Å². The number of hydrogen-bond donors (Lipinski definition) is 3. The second-order valence-corrected chi connectivity index (χ2v) is 12.6. The predicted octanol–water partition coefficient (Wildman–Crippen LogP) is 5.19. The highest BCUT2D eigenvalue weighted by Gasteiger charge is 2.46. The molecule has 236 valence electrons. The zero-order valence-electron chi connectivity index (χ0n) is 25.8. The highest BCUT2D eigenvalue weighted by Crippen LogP contribution is 2.46. The van der Waals surface area contributed by atoms with Crippen LogP contribution in [0.25, 0.3) is 33.4 Å². The maximum atomic E-state index is 15.2. The van der Waals surface area contributed by atoms with Gasteiger partial charge >= 0.3 is 5.97 Å². The predicted molar refractivity (Wildman–Crippen MR) is 174 cm³/mol. The molecule has 0 fully saturated rings. The number of nitrogens with one attached hydrogen (secondary N) is 1. The first-order chi connectivity index (χ1) is 22.6. The minimum atomic E-state index is -1.97. The number of fused-ring (bicyclic) bond motifs is 5. The summed E-state index contributed by atoms with van der Waals surface area (Å²) < 4.78 is 22.0. The first kappa shape index (κ1) is 29.1. The second-order valence-electron chi connectivity index (χ2n) is 12.6. The van der Waals surface area contributed by atoms with Gasteiger partial charge in [0.25, 0.3) is 11.5 Å². The summed E-state index contributed by atoms with van der Waals surface area (Å²) in [4.78, 5) is 45.1. The molecule has 3 aromatic carbocycles. The molecule has 4 heterocycles. The summed E-state index contributed by atoms with van der Waals surface area (Å²) in [5.41, 5.74) is 11.3. The molecule has 0 spiro atoms. The van der Waals surface area contributed by atoms with Crippen LogP contribution in [-0.4, -0.2) is 26.5 Å². The lowest BCUT2D eigenvalue weighted by Crippen LogP contribution is -2.44. The van der Waals surface area contributed by atoms with Gasteiger partial charge in [-0.1, -0.05) is 31.2 Å². The average molecular weight is 631 g/mol. The van der Waals surface area contributed by atoms with Crippen molar-refractivity contribution in [1.29, 1.82) is 0 Å². The van der Waals surface area contributed by atoms with Gasteiger partial charge in [0.15, 0.2) is 5.60 Å². The van der Waals surface area contributed by atoms with Gasteiger partial charge in [0.2, 0.25) is 0 Å². The molecule has 5 aromatic rings. The summed E-state index contributed by atoms with van der Waals surface area (Å²) in [6.45, 7) is 3.33. The monoisotopic (exact) mass is 630 g/mol. The van der Waals surface area contributed by atoms with Gasteiger partial charge < -0.3 is 25.5 Å². The first-order valence-corrected chi connectivity index (χ1v) is 15.7. The van der Waals surface area contributed by atoms with E-state index in [0.29, 0.717) is 46.6 Å². The average Bonchev–Trinajstić information content (AvgIpc) is 3.45. The van der Waals surface area contributed by atoms with Gasteiger partial charge in [-0.3, -0.25) is 9.59 Å².